The molecule has 2 heterocycles. The van der Waals surface area contributed by atoms with E-state index in [1.807, 2.05) is 61.3 Å². The van der Waals surface area contributed by atoms with Gasteiger partial charge in [-0.2, -0.15) is 0 Å². The fraction of sp³-hybridized carbons (Fsp3) is 0.250. The first kappa shape index (κ1) is 19.1. The van der Waals surface area contributed by atoms with Crippen molar-refractivity contribution in [2.75, 3.05) is 13.6 Å². The number of aryl methyl sites for hydroxylation is 1. The Hall–Kier alpha value is -2.67. The van der Waals surface area contributed by atoms with E-state index in [2.05, 4.69) is 38.0 Å². The molecule has 3 aromatic rings. The van der Waals surface area contributed by atoms with E-state index in [-0.39, 0.29) is 6.61 Å². The van der Waals surface area contributed by atoms with E-state index < -0.39 is 0 Å². The minimum Gasteiger partial charge on any atom is -0.469 e. The van der Waals surface area contributed by atoms with Crippen molar-refractivity contribution in [3.8, 4) is 17.1 Å². The van der Waals surface area contributed by atoms with Crippen molar-refractivity contribution in [3.05, 3.63) is 58.4 Å². The zero-order valence-corrected chi connectivity index (χ0v) is 17.1. The predicted octanol–water partition coefficient (Wildman–Crippen LogP) is 5.00. The van der Waals surface area contributed by atoms with Gasteiger partial charge >= 0.3 is 0 Å². The number of nitrogens with zero attached hydrogens (tertiary/aromatic N) is 4. The summed E-state index contributed by atoms with van der Waals surface area (Å²) in [5.74, 6) is 1.12. The van der Waals surface area contributed by atoms with Crippen molar-refractivity contribution in [2.45, 2.75) is 20.5 Å². The number of pyridine rings is 1. The highest BCUT2D eigenvalue weighted by Crippen LogP contribution is 2.30. The van der Waals surface area contributed by atoms with Crippen molar-refractivity contribution in [1.82, 2.24) is 15.0 Å². The zero-order valence-electron chi connectivity index (χ0n) is 15.5. The summed E-state index contributed by atoms with van der Waals surface area (Å²) in [7, 11) is 1.97. The van der Waals surface area contributed by atoms with Crippen LogP contribution in [0.4, 0.5) is 5.69 Å². The second-order valence-electron chi connectivity index (χ2n) is 6.03. The molecule has 0 saturated heterocycles. The molecule has 27 heavy (non-hydrogen) atoms. The number of benzene rings is 1. The Bertz CT molecular complexity index is 925. The maximum Gasteiger partial charge on any atom is 0.228 e. The Morgan fingerprint density at radius 2 is 2.04 bits per heavy atom. The van der Waals surface area contributed by atoms with Gasteiger partial charge in [-0.1, -0.05) is 35.5 Å². The Morgan fingerprint density at radius 1 is 1.26 bits per heavy atom. The molecule has 0 atom stereocenters. The quantitative estimate of drug-likeness (QED) is 0.391. The lowest BCUT2D eigenvalue weighted by molar-refractivity contribution is 0.240. The highest BCUT2D eigenvalue weighted by atomic mass is 79.9. The number of hydrogen-bond acceptors (Lipinski definition) is 5. The highest BCUT2D eigenvalue weighted by molar-refractivity contribution is 9.10. The molecule has 0 bridgehead atoms. The zero-order chi connectivity index (χ0) is 19.2. The van der Waals surface area contributed by atoms with Crippen LogP contribution in [0.25, 0.3) is 11.3 Å². The van der Waals surface area contributed by atoms with Crippen molar-refractivity contribution in [2.24, 2.45) is 4.99 Å². The van der Waals surface area contributed by atoms with Gasteiger partial charge in [0.1, 0.15) is 5.69 Å². The maximum atomic E-state index is 5.80. The van der Waals surface area contributed by atoms with E-state index >= 15 is 0 Å². The lowest BCUT2D eigenvalue weighted by atomic mass is 10.1. The van der Waals surface area contributed by atoms with Crippen LogP contribution in [0.5, 0.6) is 5.88 Å². The van der Waals surface area contributed by atoms with Crippen LogP contribution in [0.3, 0.4) is 0 Å². The molecular formula is C20H21BrN4O2. The van der Waals surface area contributed by atoms with Gasteiger partial charge in [0.05, 0.1) is 22.2 Å². The minimum absolute atomic E-state index is 0.242. The summed E-state index contributed by atoms with van der Waals surface area (Å²) in [5, 5.41) is 4.09. The summed E-state index contributed by atoms with van der Waals surface area (Å²) in [6.45, 7) is 5.10. The minimum atomic E-state index is 0.242. The summed E-state index contributed by atoms with van der Waals surface area (Å²) >= 11 is 3.50. The molecule has 0 spiro atoms. The third kappa shape index (κ3) is 4.95. The van der Waals surface area contributed by atoms with Crippen LogP contribution in [0.2, 0.25) is 0 Å². The molecule has 0 unspecified atom stereocenters. The summed E-state index contributed by atoms with van der Waals surface area (Å²) in [6.07, 6.45) is 1.79. The maximum absolute atomic E-state index is 5.80. The third-order valence-electron chi connectivity index (χ3n) is 3.98. The topological polar surface area (TPSA) is 63.8 Å². The molecule has 3 rings (SSSR count). The summed E-state index contributed by atoms with van der Waals surface area (Å²) < 4.78 is 11.9. The van der Waals surface area contributed by atoms with Crippen molar-refractivity contribution in [1.29, 1.82) is 0 Å². The van der Waals surface area contributed by atoms with Gasteiger partial charge in [-0.3, -0.25) is 0 Å². The molecule has 0 aliphatic rings. The molecule has 0 N–H and O–H groups in total. The number of aromatic nitrogens is 2. The molecule has 0 aliphatic carbocycles. The first-order chi connectivity index (χ1) is 13.1. The van der Waals surface area contributed by atoms with Crippen LogP contribution in [-0.4, -0.2) is 35.0 Å². The summed E-state index contributed by atoms with van der Waals surface area (Å²) in [4.78, 5) is 10.9. The molecular weight excluding hydrogens is 408 g/mol. The molecule has 2 aromatic heterocycles. The molecule has 0 saturated carbocycles. The van der Waals surface area contributed by atoms with Crippen LogP contribution in [0, 0.1) is 6.92 Å². The fourth-order valence-corrected chi connectivity index (χ4v) is 2.71. The van der Waals surface area contributed by atoms with Gasteiger partial charge in [-0.25, -0.2) is 9.98 Å². The smallest absolute Gasteiger partial charge is 0.228 e. The Balaban J connectivity index is 1.69. The molecule has 0 fully saturated rings. The Labute approximate surface area is 167 Å². The van der Waals surface area contributed by atoms with Crippen molar-refractivity contribution < 1.29 is 9.26 Å². The first-order valence-electron chi connectivity index (χ1n) is 8.62. The van der Waals surface area contributed by atoms with E-state index in [4.69, 9.17) is 9.26 Å². The average molecular weight is 429 g/mol. The molecule has 140 valence electrons. The molecule has 6 nitrogen and oxygen atoms in total. The molecule has 1 aromatic carbocycles. The SMILES string of the molecule is CCN(C)C=Nc1cc(Br)c(OCc2cc(-c3ccccc3)no2)nc1C. The number of aliphatic imine (C=N–C) groups is 1. The third-order valence-corrected chi connectivity index (χ3v) is 4.55. The van der Waals surface area contributed by atoms with E-state index in [9.17, 15) is 0 Å². The van der Waals surface area contributed by atoms with Crippen LogP contribution >= 0.6 is 15.9 Å². The lowest BCUT2D eigenvalue weighted by Crippen LogP contribution is -2.14. The standard InChI is InChI=1S/C20H21BrN4O2/c1-4-25(3)13-22-18-11-17(21)20(23-14(18)2)26-12-16-10-19(24-27-16)15-8-6-5-7-9-15/h5-11,13H,4,12H2,1-3H3. The van der Waals surface area contributed by atoms with Gasteiger partial charge in [-0.05, 0) is 35.8 Å². The summed E-state index contributed by atoms with van der Waals surface area (Å²) in [6, 6.07) is 13.6. The monoisotopic (exact) mass is 428 g/mol. The first-order valence-corrected chi connectivity index (χ1v) is 9.41. The Morgan fingerprint density at radius 3 is 2.78 bits per heavy atom. The predicted molar refractivity (Wildman–Crippen MR) is 109 cm³/mol. The molecule has 7 heteroatoms. The van der Waals surface area contributed by atoms with Gasteiger partial charge in [0.25, 0.3) is 0 Å². The van der Waals surface area contributed by atoms with Gasteiger partial charge in [0.15, 0.2) is 12.4 Å². The number of hydrogen-bond donors (Lipinski definition) is 0. The van der Waals surface area contributed by atoms with Crippen LogP contribution in [-0.2, 0) is 6.61 Å². The van der Waals surface area contributed by atoms with E-state index in [0.717, 1.165) is 33.7 Å². The lowest BCUT2D eigenvalue weighted by Gasteiger charge is -2.10. The molecule has 0 amide bonds. The van der Waals surface area contributed by atoms with Gasteiger partial charge in [0, 0.05) is 25.2 Å². The molecule has 0 aliphatic heterocycles. The van der Waals surface area contributed by atoms with Crippen LogP contribution in [0.15, 0.2) is 56.5 Å². The number of rotatable bonds is 7. The van der Waals surface area contributed by atoms with Crippen LogP contribution in [0.1, 0.15) is 18.4 Å². The number of ether oxygens (including phenoxy) is 1. The second-order valence-corrected chi connectivity index (χ2v) is 6.89. The van der Waals surface area contributed by atoms with Gasteiger partial charge in [0.2, 0.25) is 5.88 Å². The summed E-state index contributed by atoms with van der Waals surface area (Å²) in [5.41, 5.74) is 3.36. The van der Waals surface area contributed by atoms with Crippen molar-refractivity contribution in [3.63, 3.8) is 0 Å². The Kier molecular flexibility index (Phi) is 6.24. The highest BCUT2D eigenvalue weighted by Gasteiger charge is 2.11. The fourth-order valence-electron chi connectivity index (χ4n) is 2.29. The van der Waals surface area contributed by atoms with Crippen LogP contribution < -0.4 is 4.74 Å². The van der Waals surface area contributed by atoms with E-state index in [1.165, 1.54) is 0 Å². The van der Waals surface area contributed by atoms with Gasteiger partial charge in [-0.15, -0.1) is 0 Å². The largest absolute Gasteiger partial charge is 0.469 e. The normalized spacial score (nSPS) is 11.1. The number of halogens is 1. The average Bonchev–Trinajstić information content (AvgIpc) is 3.16. The molecule has 0 radical (unpaired) electrons. The van der Waals surface area contributed by atoms with Gasteiger partial charge < -0.3 is 14.2 Å². The van der Waals surface area contributed by atoms with Crippen molar-refractivity contribution >= 4 is 28.0 Å². The second kappa shape index (κ2) is 8.81. The van der Waals surface area contributed by atoms with E-state index in [0.29, 0.717) is 11.6 Å². The van der Waals surface area contributed by atoms with E-state index in [1.54, 1.807) is 6.34 Å².